The molecule has 2 aromatic carbocycles. The second-order valence-electron chi connectivity index (χ2n) is 7.55. The molecule has 0 unspecified atom stereocenters. The van der Waals surface area contributed by atoms with Crippen LogP contribution in [0.25, 0.3) is 10.6 Å². The molecule has 0 aliphatic carbocycles. The van der Waals surface area contributed by atoms with Crippen molar-refractivity contribution in [3.63, 3.8) is 0 Å². The first-order valence-electron chi connectivity index (χ1n) is 10.5. The van der Waals surface area contributed by atoms with Crippen LogP contribution in [0.4, 0.5) is 18.3 Å². The van der Waals surface area contributed by atoms with Crippen molar-refractivity contribution < 1.29 is 22.8 Å². The second kappa shape index (κ2) is 11.0. The number of alkyl halides is 3. The lowest BCUT2D eigenvalue weighted by atomic mass is 10.1. The molecule has 0 radical (unpaired) electrons. The molecule has 0 bridgehead atoms. The lowest BCUT2D eigenvalue weighted by Gasteiger charge is -2.28. The fourth-order valence-corrected chi connectivity index (χ4v) is 4.07. The Balaban J connectivity index is 1.64. The van der Waals surface area contributed by atoms with E-state index in [2.05, 4.69) is 15.5 Å². The quantitative estimate of drug-likeness (QED) is 0.394. The molecular weight excluding hydrogens is 489 g/mol. The Labute approximate surface area is 203 Å². The van der Waals surface area contributed by atoms with Crippen molar-refractivity contribution in [1.29, 1.82) is 0 Å². The maximum Gasteiger partial charge on any atom is 0.416 e. The van der Waals surface area contributed by atoms with E-state index in [1.165, 1.54) is 16.2 Å². The maximum absolute atomic E-state index is 12.9. The predicted molar refractivity (Wildman–Crippen MR) is 126 cm³/mol. The first kappa shape index (κ1) is 25.6. The monoisotopic (exact) mass is 510 g/mol. The normalized spacial score (nSPS) is 12.3. The number of amides is 2. The van der Waals surface area contributed by atoms with Crippen molar-refractivity contribution in [2.75, 3.05) is 11.9 Å². The lowest BCUT2D eigenvalue weighted by Crippen LogP contribution is -2.40. The van der Waals surface area contributed by atoms with Crippen LogP contribution in [-0.4, -0.2) is 39.5 Å². The number of hydrogen-bond donors (Lipinski definition) is 1. The topological polar surface area (TPSA) is 75.2 Å². The van der Waals surface area contributed by atoms with E-state index in [-0.39, 0.29) is 30.5 Å². The SMILES string of the molecule is CC[C@@H](C)N(CCC(=O)Nc1nnc(-c2cccc(Cl)c2)s1)C(=O)c1ccc(C(F)(F)F)cc1. The van der Waals surface area contributed by atoms with E-state index in [1.54, 1.807) is 18.2 Å². The third kappa shape index (κ3) is 6.54. The van der Waals surface area contributed by atoms with Gasteiger partial charge >= 0.3 is 6.18 Å². The Bertz CT molecular complexity index is 1150. The second-order valence-corrected chi connectivity index (χ2v) is 8.97. The number of rotatable bonds is 8. The molecule has 34 heavy (non-hydrogen) atoms. The van der Waals surface area contributed by atoms with Gasteiger partial charge in [0.15, 0.2) is 0 Å². The van der Waals surface area contributed by atoms with Crippen molar-refractivity contribution in [3.05, 3.63) is 64.7 Å². The number of nitrogens with one attached hydrogen (secondary N) is 1. The van der Waals surface area contributed by atoms with E-state index in [0.717, 1.165) is 29.8 Å². The summed E-state index contributed by atoms with van der Waals surface area (Å²) in [7, 11) is 0. The van der Waals surface area contributed by atoms with Crippen LogP contribution in [0, 0.1) is 0 Å². The molecule has 0 spiro atoms. The molecule has 0 saturated heterocycles. The van der Waals surface area contributed by atoms with Crippen LogP contribution in [0.1, 0.15) is 42.6 Å². The zero-order valence-electron chi connectivity index (χ0n) is 18.4. The molecule has 3 rings (SSSR count). The third-order valence-corrected chi connectivity index (χ3v) is 6.29. The zero-order valence-corrected chi connectivity index (χ0v) is 20.0. The highest BCUT2D eigenvalue weighted by atomic mass is 35.5. The summed E-state index contributed by atoms with van der Waals surface area (Å²) in [5.74, 6) is -0.794. The van der Waals surface area contributed by atoms with Gasteiger partial charge in [0.05, 0.1) is 5.56 Å². The summed E-state index contributed by atoms with van der Waals surface area (Å²) in [6, 6.07) is 10.9. The number of anilines is 1. The number of benzene rings is 2. The van der Waals surface area contributed by atoms with Gasteiger partial charge in [0, 0.05) is 35.2 Å². The molecule has 11 heteroatoms. The van der Waals surface area contributed by atoms with E-state index in [4.69, 9.17) is 11.6 Å². The Morgan fingerprint density at radius 2 is 1.85 bits per heavy atom. The van der Waals surface area contributed by atoms with Crippen molar-refractivity contribution in [1.82, 2.24) is 15.1 Å². The largest absolute Gasteiger partial charge is 0.416 e. The highest BCUT2D eigenvalue weighted by Gasteiger charge is 2.30. The average molecular weight is 511 g/mol. The van der Waals surface area contributed by atoms with E-state index in [9.17, 15) is 22.8 Å². The van der Waals surface area contributed by atoms with Gasteiger partial charge in [-0.1, -0.05) is 42.0 Å². The zero-order chi connectivity index (χ0) is 24.9. The summed E-state index contributed by atoms with van der Waals surface area (Å²) >= 11 is 7.19. The van der Waals surface area contributed by atoms with Gasteiger partial charge in [-0.2, -0.15) is 13.2 Å². The molecule has 0 saturated carbocycles. The van der Waals surface area contributed by atoms with Gasteiger partial charge in [0.25, 0.3) is 5.91 Å². The summed E-state index contributed by atoms with van der Waals surface area (Å²) in [6.45, 7) is 3.80. The number of carbonyl (C=O) groups is 2. The molecule has 2 amide bonds. The molecule has 0 aliphatic heterocycles. The Morgan fingerprint density at radius 3 is 2.47 bits per heavy atom. The molecule has 6 nitrogen and oxygen atoms in total. The summed E-state index contributed by atoms with van der Waals surface area (Å²) in [5, 5.41) is 12.2. The Hall–Kier alpha value is -2.98. The van der Waals surface area contributed by atoms with Gasteiger partial charge in [-0.05, 0) is 49.7 Å². The Morgan fingerprint density at radius 1 is 1.15 bits per heavy atom. The van der Waals surface area contributed by atoms with Gasteiger partial charge < -0.3 is 10.2 Å². The smallest absolute Gasteiger partial charge is 0.335 e. The molecule has 0 fully saturated rings. The van der Waals surface area contributed by atoms with E-state index >= 15 is 0 Å². The maximum atomic E-state index is 12.9. The van der Waals surface area contributed by atoms with Crippen LogP contribution in [-0.2, 0) is 11.0 Å². The highest BCUT2D eigenvalue weighted by molar-refractivity contribution is 7.18. The van der Waals surface area contributed by atoms with E-state index in [1.807, 2.05) is 19.9 Å². The van der Waals surface area contributed by atoms with Crippen LogP contribution in [0.5, 0.6) is 0 Å². The van der Waals surface area contributed by atoms with Crippen molar-refractivity contribution in [2.45, 2.75) is 38.9 Å². The molecule has 180 valence electrons. The first-order valence-corrected chi connectivity index (χ1v) is 11.7. The highest BCUT2D eigenvalue weighted by Crippen LogP contribution is 2.30. The average Bonchev–Trinajstić information content (AvgIpc) is 3.26. The fraction of sp³-hybridized carbons (Fsp3) is 0.304. The minimum atomic E-state index is -4.48. The van der Waals surface area contributed by atoms with Crippen LogP contribution >= 0.6 is 22.9 Å². The van der Waals surface area contributed by atoms with E-state index in [0.29, 0.717) is 21.6 Å². The van der Waals surface area contributed by atoms with Gasteiger partial charge in [0.1, 0.15) is 5.01 Å². The van der Waals surface area contributed by atoms with Crippen LogP contribution in [0.15, 0.2) is 48.5 Å². The Kier molecular flexibility index (Phi) is 8.27. The molecular formula is C23H22ClF3N4O2S. The predicted octanol–water partition coefficient (Wildman–Crippen LogP) is 6.15. The van der Waals surface area contributed by atoms with Crippen molar-refractivity contribution in [2.24, 2.45) is 0 Å². The van der Waals surface area contributed by atoms with Crippen molar-refractivity contribution in [3.8, 4) is 10.6 Å². The van der Waals surface area contributed by atoms with Crippen molar-refractivity contribution >= 4 is 39.9 Å². The standard InChI is InChI=1S/C23H22ClF3N4O2S/c1-3-14(2)31(21(33)15-7-9-17(10-8-15)23(25,26)27)12-11-19(32)28-22-30-29-20(34-22)16-5-4-6-18(24)13-16/h4-10,13-14H,3,11-12H2,1-2H3,(H,28,30,32)/t14-/m1/s1. The number of nitrogens with zero attached hydrogens (tertiary/aromatic N) is 3. The van der Waals surface area contributed by atoms with Gasteiger partial charge in [0.2, 0.25) is 11.0 Å². The molecule has 1 aromatic heterocycles. The summed E-state index contributed by atoms with van der Waals surface area (Å²) < 4.78 is 38.4. The molecule has 3 aromatic rings. The first-order chi connectivity index (χ1) is 16.1. The van der Waals surface area contributed by atoms with Crippen LogP contribution in [0.3, 0.4) is 0 Å². The molecule has 1 atom stereocenters. The summed E-state index contributed by atoms with van der Waals surface area (Å²) in [4.78, 5) is 26.9. The minimum Gasteiger partial charge on any atom is -0.335 e. The molecule has 1 heterocycles. The third-order valence-electron chi connectivity index (χ3n) is 5.17. The molecule has 1 N–H and O–H groups in total. The van der Waals surface area contributed by atoms with E-state index < -0.39 is 17.6 Å². The van der Waals surface area contributed by atoms with Gasteiger partial charge in [-0.25, -0.2) is 0 Å². The minimum absolute atomic E-state index is 0.0111. The lowest BCUT2D eigenvalue weighted by molar-refractivity contribution is -0.137. The summed E-state index contributed by atoms with van der Waals surface area (Å²) in [6.07, 6.45) is -3.87. The van der Waals surface area contributed by atoms with Gasteiger partial charge in [-0.15, -0.1) is 10.2 Å². The summed E-state index contributed by atoms with van der Waals surface area (Å²) in [5.41, 5.74) is 0.0762. The number of aromatic nitrogens is 2. The van der Waals surface area contributed by atoms with Crippen LogP contribution in [0.2, 0.25) is 5.02 Å². The molecule has 0 aliphatic rings. The number of hydrogen-bond acceptors (Lipinski definition) is 5. The van der Waals surface area contributed by atoms with Crippen LogP contribution < -0.4 is 5.32 Å². The fourth-order valence-electron chi connectivity index (χ4n) is 3.13. The number of carbonyl (C=O) groups excluding carboxylic acids is 2. The van der Waals surface area contributed by atoms with Gasteiger partial charge in [-0.3, -0.25) is 9.59 Å². The number of halogens is 4.